The summed E-state index contributed by atoms with van der Waals surface area (Å²) in [4.78, 5) is 10.6. The lowest BCUT2D eigenvalue weighted by Gasteiger charge is -2.23. The number of rotatable bonds is 5. The minimum atomic E-state index is -4.26. The van der Waals surface area contributed by atoms with Crippen LogP contribution in [0.2, 0.25) is 0 Å². The van der Waals surface area contributed by atoms with E-state index in [1.54, 1.807) is 0 Å². The van der Waals surface area contributed by atoms with Gasteiger partial charge in [0.25, 0.3) is 5.91 Å². The van der Waals surface area contributed by atoms with Crippen LogP contribution in [0.1, 0.15) is 16.9 Å². The summed E-state index contributed by atoms with van der Waals surface area (Å²) in [7, 11) is -4.26. The van der Waals surface area contributed by atoms with E-state index in [4.69, 9.17) is 5.73 Å². The van der Waals surface area contributed by atoms with E-state index < -0.39 is 51.2 Å². The number of amides is 1. The van der Waals surface area contributed by atoms with Gasteiger partial charge in [-0.15, -0.1) is 5.10 Å². The minimum absolute atomic E-state index is 0.0798. The summed E-state index contributed by atoms with van der Waals surface area (Å²) >= 11 is 0. The van der Waals surface area contributed by atoms with Gasteiger partial charge in [-0.3, -0.25) is 9.48 Å². The first-order valence-electron chi connectivity index (χ1n) is 7.49. The molecule has 0 saturated carbocycles. The van der Waals surface area contributed by atoms with Crippen LogP contribution in [0.25, 0.3) is 0 Å². The molecule has 1 aliphatic heterocycles. The van der Waals surface area contributed by atoms with Gasteiger partial charge in [-0.1, -0.05) is 5.21 Å². The van der Waals surface area contributed by atoms with Gasteiger partial charge in [0, 0.05) is 12.6 Å². The van der Waals surface area contributed by atoms with Gasteiger partial charge in [0.2, 0.25) is 10.0 Å². The molecule has 2 atom stereocenters. The number of hydrogen-bond donors (Lipinski definition) is 1. The summed E-state index contributed by atoms with van der Waals surface area (Å²) in [6.45, 7) is -0.507. The number of aromatic nitrogens is 3. The average molecular weight is 389 g/mol. The molecule has 26 heavy (non-hydrogen) atoms. The van der Waals surface area contributed by atoms with Crippen LogP contribution in [0, 0.1) is 11.6 Å². The lowest BCUT2D eigenvalue weighted by molar-refractivity contribution is 0.0995. The monoisotopic (exact) mass is 389 g/mol. The summed E-state index contributed by atoms with van der Waals surface area (Å²) < 4.78 is 67.8. The van der Waals surface area contributed by atoms with Crippen LogP contribution in [0.5, 0.6) is 0 Å². The Hall–Kier alpha value is -2.47. The van der Waals surface area contributed by atoms with E-state index in [1.165, 1.54) is 10.9 Å². The number of primary amides is 1. The third-order valence-corrected chi connectivity index (χ3v) is 5.91. The molecule has 140 valence electrons. The van der Waals surface area contributed by atoms with Crippen LogP contribution in [-0.4, -0.2) is 52.4 Å². The summed E-state index contributed by atoms with van der Waals surface area (Å²) in [6.07, 6.45) is -0.329. The lowest BCUT2D eigenvalue weighted by Crippen LogP contribution is -2.38. The van der Waals surface area contributed by atoms with Crippen molar-refractivity contribution < 1.29 is 26.4 Å². The highest BCUT2D eigenvalue weighted by atomic mass is 32.2. The molecule has 0 aliphatic carbocycles. The topological polar surface area (TPSA) is 111 Å². The molecule has 1 aromatic heterocycles. The number of benzene rings is 1. The van der Waals surface area contributed by atoms with Crippen molar-refractivity contribution in [3.8, 4) is 0 Å². The van der Waals surface area contributed by atoms with Gasteiger partial charge in [0.1, 0.15) is 6.17 Å². The van der Waals surface area contributed by atoms with Gasteiger partial charge >= 0.3 is 0 Å². The van der Waals surface area contributed by atoms with Crippen molar-refractivity contribution in [2.75, 3.05) is 6.54 Å². The quantitative estimate of drug-likeness (QED) is 0.799. The molecule has 2 unspecified atom stereocenters. The fourth-order valence-corrected chi connectivity index (χ4v) is 4.45. The van der Waals surface area contributed by atoms with E-state index in [2.05, 4.69) is 10.3 Å². The maximum absolute atomic E-state index is 13.9. The zero-order chi connectivity index (χ0) is 19.1. The summed E-state index contributed by atoms with van der Waals surface area (Å²) in [5, 5.41) is 7.18. The third kappa shape index (κ3) is 3.42. The van der Waals surface area contributed by atoms with E-state index in [9.17, 15) is 26.4 Å². The Morgan fingerprint density at radius 3 is 2.65 bits per heavy atom. The molecule has 2 heterocycles. The lowest BCUT2D eigenvalue weighted by atomic mass is 10.2. The van der Waals surface area contributed by atoms with Crippen LogP contribution in [0.3, 0.4) is 0 Å². The second kappa shape index (κ2) is 6.68. The zero-order valence-corrected chi connectivity index (χ0v) is 14.0. The van der Waals surface area contributed by atoms with Crippen LogP contribution < -0.4 is 5.73 Å². The first kappa shape index (κ1) is 18.3. The largest absolute Gasteiger partial charge is 0.364 e. The van der Waals surface area contributed by atoms with Crippen molar-refractivity contribution in [2.24, 2.45) is 5.73 Å². The van der Waals surface area contributed by atoms with E-state index in [0.717, 1.165) is 10.4 Å². The second-order valence-electron chi connectivity index (χ2n) is 5.83. The Morgan fingerprint density at radius 2 is 2.04 bits per heavy atom. The SMILES string of the molecule is NC(=O)c1cn(CC2CC(F)CN2S(=O)(=O)c2ccc(F)c(F)c2)nn1. The van der Waals surface area contributed by atoms with Crippen molar-refractivity contribution in [2.45, 2.75) is 30.1 Å². The Morgan fingerprint density at radius 1 is 1.31 bits per heavy atom. The Bertz CT molecular complexity index is 949. The van der Waals surface area contributed by atoms with Crippen LogP contribution in [0.4, 0.5) is 13.2 Å². The predicted molar refractivity (Wildman–Crippen MR) is 82.1 cm³/mol. The molecule has 8 nitrogen and oxygen atoms in total. The Labute approximate surface area is 146 Å². The highest BCUT2D eigenvalue weighted by molar-refractivity contribution is 7.89. The van der Waals surface area contributed by atoms with Crippen molar-refractivity contribution in [3.63, 3.8) is 0 Å². The molecule has 2 aromatic rings. The van der Waals surface area contributed by atoms with Crippen molar-refractivity contribution in [1.29, 1.82) is 0 Å². The van der Waals surface area contributed by atoms with Gasteiger partial charge in [0.15, 0.2) is 17.3 Å². The predicted octanol–water partition coefficient (Wildman–Crippen LogP) is 0.456. The smallest absolute Gasteiger partial charge is 0.270 e. The van der Waals surface area contributed by atoms with Crippen LogP contribution >= 0.6 is 0 Å². The number of hydrogen-bond acceptors (Lipinski definition) is 5. The number of nitrogens with zero attached hydrogens (tertiary/aromatic N) is 4. The molecule has 1 aliphatic rings. The maximum Gasteiger partial charge on any atom is 0.270 e. The second-order valence-corrected chi connectivity index (χ2v) is 7.72. The normalized spacial score (nSPS) is 21.2. The van der Waals surface area contributed by atoms with Crippen molar-refractivity contribution in [1.82, 2.24) is 19.3 Å². The van der Waals surface area contributed by atoms with E-state index >= 15 is 0 Å². The molecule has 2 N–H and O–H groups in total. The molecule has 0 radical (unpaired) electrons. The number of alkyl halides is 1. The fraction of sp³-hybridized carbons (Fsp3) is 0.357. The maximum atomic E-state index is 13.9. The molecular formula is C14H14F3N5O3S. The molecule has 0 bridgehead atoms. The van der Waals surface area contributed by atoms with Gasteiger partial charge in [-0.25, -0.2) is 21.6 Å². The molecule has 1 amide bonds. The standard InChI is InChI=1S/C14H14F3N5O3S/c15-8-3-9(6-21-7-13(14(18)23)19-20-21)22(5-8)26(24,25)10-1-2-11(16)12(17)4-10/h1-2,4,7-9H,3,5-6H2,(H2,18,23). The van der Waals surface area contributed by atoms with Gasteiger partial charge < -0.3 is 5.73 Å². The summed E-state index contributed by atoms with van der Waals surface area (Å²) in [5.74, 6) is -3.31. The van der Waals surface area contributed by atoms with Crippen LogP contribution in [0.15, 0.2) is 29.3 Å². The summed E-state index contributed by atoms with van der Waals surface area (Å²) in [6, 6.07) is 1.31. The highest BCUT2D eigenvalue weighted by Gasteiger charge is 2.41. The number of halogens is 3. The molecule has 1 saturated heterocycles. The van der Waals surface area contributed by atoms with Crippen LogP contribution in [-0.2, 0) is 16.6 Å². The number of carbonyl (C=O) groups excluding carboxylic acids is 1. The number of sulfonamides is 1. The molecule has 0 spiro atoms. The van der Waals surface area contributed by atoms with Gasteiger partial charge in [-0.2, -0.15) is 4.31 Å². The molecule has 1 fully saturated rings. The van der Waals surface area contributed by atoms with E-state index in [-0.39, 0.29) is 18.7 Å². The average Bonchev–Trinajstić information content (AvgIpc) is 3.17. The zero-order valence-electron chi connectivity index (χ0n) is 13.2. The fourth-order valence-electron chi connectivity index (χ4n) is 2.78. The molecule has 12 heteroatoms. The molecule has 1 aromatic carbocycles. The first-order valence-corrected chi connectivity index (χ1v) is 8.93. The summed E-state index contributed by atoms with van der Waals surface area (Å²) in [5.41, 5.74) is 4.95. The van der Waals surface area contributed by atoms with E-state index in [0.29, 0.717) is 12.1 Å². The van der Waals surface area contributed by atoms with Crippen molar-refractivity contribution >= 4 is 15.9 Å². The van der Waals surface area contributed by atoms with E-state index in [1.807, 2.05) is 0 Å². The number of nitrogens with two attached hydrogens (primary N) is 1. The van der Waals surface area contributed by atoms with Gasteiger partial charge in [0.05, 0.1) is 17.6 Å². The Kier molecular flexibility index (Phi) is 4.71. The highest BCUT2D eigenvalue weighted by Crippen LogP contribution is 2.29. The Balaban J connectivity index is 1.88. The first-order chi connectivity index (χ1) is 12.2. The van der Waals surface area contributed by atoms with Gasteiger partial charge in [-0.05, 0) is 24.6 Å². The van der Waals surface area contributed by atoms with Crippen molar-refractivity contribution in [3.05, 3.63) is 41.7 Å². The minimum Gasteiger partial charge on any atom is -0.364 e. The molecular weight excluding hydrogens is 375 g/mol. The third-order valence-electron chi connectivity index (χ3n) is 4.00. The number of carbonyl (C=O) groups is 1. The molecule has 3 rings (SSSR count).